The molecule has 1 saturated carbocycles. The fourth-order valence-corrected chi connectivity index (χ4v) is 2.73. The molecular formula is C16H25NO2. The van der Waals surface area contributed by atoms with Crippen LogP contribution in [0.2, 0.25) is 0 Å². The minimum atomic E-state index is -0.538. The van der Waals surface area contributed by atoms with Crippen LogP contribution in [0.5, 0.6) is 0 Å². The summed E-state index contributed by atoms with van der Waals surface area (Å²) in [5, 5.41) is 10.1. The van der Waals surface area contributed by atoms with Gasteiger partial charge in [0.05, 0.1) is 12.7 Å². The number of hydrogen-bond acceptors (Lipinski definition) is 3. The van der Waals surface area contributed by atoms with E-state index in [1.807, 2.05) is 24.3 Å². The lowest BCUT2D eigenvalue weighted by molar-refractivity contribution is -0.0322. The van der Waals surface area contributed by atoms with Gasteiger partial charge in [-0.05, 0) is 29.9 Å². The van der Waals surface area contributed by atoms with Gasteiger partial charge in [-0.1, -0.05) is 44.0 Å². The van der Waals surface area contributed by atoms with Gasteiger partial charge >= 0.3 is 0 Å². The Kier molecular flexibility index (Phi) is 5.37. The molecule has 3 N–H and O–H groups in total. The van der Waals surface area contributed by atoms with Gasteiger partial charge < -0.3 is 15.6 Å². The summed E-state index contributed by atoms with van der Waals surface area (Å²) in [5.74, 6) is 0.750. The first-order valence-electron chi connectivity index (χ1n) is 7.27. The van der Waals surface area contributed by atoms with E-state index in [9.17, 15) is 5.11 Å². The van der Waals surface area contributed by atoms with Gasteiger partial charge in [-0.3, -0.25) is 0 Å². The van der Waals surface area contributed by atoms with Crippen LogP contribution < -0.4 is 5.73 Å². The zero-order chi connectivity index (χ0) is 13.7. The molecule has 1 aromatic carbocycles. The molecule has 3 atom stereocenters. The quantitative estimate of drug-likeness (QED) is 0.859. The molecule has 0 spiro atoms. The average Bonchev–Trinajstić information content (AvgIpc) is 2.45. The van der Waals surface area contributed by atoms with Crippen LogP contribution >= 0.6 is 0 Å². The van der Waals surface area contributed by atoms with Gasteiger partial charge in [0.15, 0.2) is 0 Å². The highest BCUT2D eigenvalue weighted by atomic mass is 16.5. The Hall–Kier alpha value is -0.900. The Bertz CT molecular complexity index is 377. The normalized spacial score (nSPS) is 25.2. The van der Waals surface area contributed by atoms with Crippen molar-refractivity contribution in [1.82, 2.24) is 0 Å². The van der Waals surface area contributed by atoms with Gasteiger partial charge in [0.1, 0.15) is 6.10 Å². The van der Waals surface area contributed by atoms with Crippen LogP contribution in [0.1, 0.15) is 49.8 Å². The zero-order valence-electron chi connectivity index (χ0n) is 11.7. The molecule has 1 aromatic rings. The number of hydrogen-bond donors (Lipinski definition) is 2. The molecule has 0 bridgehead atoms. The molecule has 1 fully saturated rings. The molecule has 1 aliphatic carbocycles. The van der Waals surface area contributed by atoms with Crippen molar-refractivity contribution in [3.63, 3.8) is 0 Å². The first-order valence-corrected chi connectivity index (χ1v) is 7.27. The summed E-state index contributed by atoms with van der Waals surface area (Å²) in [6.07, 6.45) is 4.59. The highest BCUT2D eigenvalue weighted by molar-refractivity contribution is 5.24. The van der Waals surface area contributed by atoms with Crippen LogP contribution in [-0.2, 0) is 11.3 Å². The van der Waals surface area contributed by atoms with E-state index in [2.05, 4.69) is 6.92 Å². The maximum Gasteiger partial charge on any atom is 0.102 e. The van der Waals surface area contributed by atoms with Gasteiger partial charge in [0, 0.05) is 6.54 Å². The predicted molar refractivity (Wildman–Crippen MR) is 76.7 cm³/mol. The van der Waals surface area contributed by atoms with Gasteiger partial charge in [-0.15, -0.1) is 0 Å². The van der Waals surface area contributed by atoms with Gasteiger partial charge in [-0.25, -0.2) is 0 Å². The van der Waals surface area contributed by atoms with Crippen molar-refractivity contribution < 1.29 is 9.84 Å². The first-order chi connectivity index (χ1) is 9.19. The van der Waals surface area contributed by atoms with Crippen LogP contribution in [0.25, 0.3) is 0 Å². The molecule has 19 heavy (non-hydrogen) atoms. The summed E-state index contributed by atoms with van der Waals surface area (Å²) in [5.41, 5.74) is 7.54. The lowest BCUT2D eigenvalue weighted by Gasteiger charge is -2.27. The monoisotopic (exact) mass is 263 g/mol. The minimum absolute atomic E-state index is 0.321. The Balaban J connectivity index is 1.81. The van der Waals surface area contributed by atoms with E-state index < -0.39 is 6.10 Å². The summed E-state index contributed by atoms with van der Waals surface area (Å²) in [4.78, 5) is 0. The molecular weight excluding hydrogens is 238 g/mol. The fraction of sp³-hybridized carbons (Fsp3) is 0.625. The van der Waals surface area contributed by atoms with E-state index in [0.717, 1.165) is 29.9 Å². The van der Waals surface area contributed by atoms with Gasteiger partial charge in [0.2, 0.25) is 0 Å². The predicted octanol–water partition coefficient (Wildman–Crippen LogP) is 2.77. The minimum Gasteiger partial charge on any atom is -0.386 e. The van der Waals surface area contributed by atoms with E-state index in [1.165, 1.54) is 12.8 Å². The fourth-order valence-electron chi connectivity index (χ4n) is 2.73. The molecule has 2 rings (SSSR count). The molecule has 106 valence electrons. The summed E-state index contributed by atoms with van der Waals surface area (Å²) < 4.78 is 5.85. The number of aliphatic hydroxyl groups is 1. The molecule has 3 unspecified atom stereocenters. The lowest BCUT2D eigenvalue weighted by Crippen LogP contribution is -2.23. The largest absolute Gasteiger partial charge is 0.386 e. The van der Waals surface area contributed by atoms with E-state index >= 15 is 0 Å². The van der Waals surface area contributed by atoms with Crippen LogP contribution in [0.15, 0.2) is 24.3 Å². The van der Waals surface area contributed by atoms with Gasteiger partial charge in [0.25, 0.3) is 0 Å². The SMILES string of the molecule is CC1CCCC(OCC(O)c2ccc(CN)cc2)C1. The summed E-state index contributed by atoms with van der Waals surface area (Å²) in [6, 6.07) is 7.78. The molecule has 0 heterocycles. The Morgan fingerprint density at radius 1 is 1.32 bits per heavy atom. The topological polar surface area (TPSA) is 55.5 Å². The van der Waals surface area contributed by atoms with Crippen LogP contribution in [0.4, 0.5) is 0 Å². The number of ether oxygens (including phenoxy) is 1. The first kappa shape index (κ1) is 14.5. The lowest BCUT2D eigenvalue weighted by atomic mass is 9.89. The molecule has 0 amide bonds. The van der Waals surface area contributed by atoms with Crippen molar-refractivity contribution in [2.75, 3.05) is 6.61 Å². The average molecular weight is 263 g/mol. The van der Waals surface area contributed by atoms with Gasteiger partial charge in [-0.2, -0.15) is 0 Å². The second-order valence-electron chi connectivity index (χ2n) is 5.69. The number of aliphatic hydroxyl groups excluding tert-OH is 1. The number of rotatable bonds is 5. The third kappa shape index (κ3) is 4.30. The maximum atomic E-state index is 10.1. The summed E-state index contributed by atoms with van der Waals surface area (Å²) in [7, 11) is 0. The van der Waals surface area contributed by atoms with E-state index in [4.69, 9.17) is 10.5 Å². The highest BCUT2D eigenvalue weighted by Crippen LogP contribution is 2.26. The Morgan fingerprint density at radius 3 is 2.68 bits per heavy atom. The molecule has 0 aromatic heterocycles. The second kappa shape index (κ2) is 7.04. The molecule has 0 radical (unpaired) electrons. The third-order valence-electron chi connectivity index (χ3n) is 3.98. The maximum absolute atomic E-state index is 10.1. The molecule has 1 aliphatic rings. The van der Waals surface area contributed by atoms with Crippen molar-refractivity contribution in [3.05, 3.63) is 35.4 Å². The van der Waals surface area contributed by atoms with Crippen molar-refractivity contribution in [2.24, 2.45) is 11.7 Å². The summed E-state index contributed by atoms with van der Waals surface area (Å²) >= 11 is 0. The van der Waals surface area contributed by atoms with Crippen molar-refractivity contribution in [2.45, 2.75) is 51.4 Å². The van der Waals surface area contributed by atoms with E-state index in [0.29, 0.717) is 19.3 Å². The highest BCUT2D eigenvalue weighted by Gasteiger charge is 2.20. The molecule has 0 saturated heterocycles. The number of benzene rings is 1. The molecule has 3 heteroatoms. The van der Waals surface area contributed by atoms with Crippen LogP contribution in [-0.4, -0.2) is 17.8 Å². The van der Waals surface area contributed by atoms with E-state index in [-0.39, 0.29) is 0 Å². The Morgan fingerprint density at radius 2 is 2.05 bits per heavy atom. The van der Waals surface area contributed by atoms with Crippen LogP contribution in [0.3, 0.4) is 0 Å². The molecule has 3 nitrogen and oxygen atoms in total. The zero-order valence-corrected chi connectivity index (χ0v) is 11.7. The van der Waals surface area contributed by atoms with Crippen molar-refractivity contribution >= 4 is 0 Å². The third-order valence-corrected chi connectivity index (χ3v) is 3.98. The second-order valence-corrected chi connectivity index (χ2v) is 5.69. The number of nitrogens with two attached hydrogens (primary N) is 1. The summed E-state index contributed by atoms with van der Waals surface area (Å²) in [6.45, 7) is 3.20. The van der Waals surface area contributed by atoms with Crippen molar-refractivity contribution in [3.8, 4) is 0 Å². The van der Waals surface area contributed by atoms with Crippen molar-refractivity contribution in [1.29, 1.82) is 0 Å². The molecule has 0 aliphatic heterocycles. The Labute approximate surface area is 115 Å². The smallest absolute Gasteiger partial charge is 0.102 e. The van der Waals surface area contributed by atoms with Crippen LogP contribution in [0, 0.1) is 5.92 Å². The van der Waals surface area contributed by atoms with E-state index in [1.54, 1.807) is 0 Å². The standard InChI is InChI=1S/C16H25NO2/c1-12-3-2-4-15(9-12)19-11-16(18)14-7-5-13(10-17)6-8-14/h5-8,12,15-16,18H,2-4,9-11,17H2,1H3.